The van der Waals surface area contributed by atoms with Crippen LogP contribution in [0.2, 0.25) is 0 Å². The lowest BCUT2D eigenvalue weighted by Crippen LogP contribution is -2.59. The fourth-order valence-corrected chi connectivity index (χ4v) is 0.809. The molecule has 0 saturated heterocycles. The van der Waals surface area contributed by atoms with Crippen LogP contribution in [0.1, 0.15) is 0 Å². The highest BCUT2D eigenvalue weighted by Crippen LogP contribution is 2.50. The van der Waals surface area contributed by atoms with Gasteiger partial charge in [0.05, 0.1) is 0 Å². The summed E-state index contributed by atoms with van der Waals surface area (Å²) in [7, 11) is 0. The molecule has 0 spiro atoms. The van der Waals surface area contributed by atoms with Gasteiger partial charge in [0.1, 0.15) is 0 Å². The molecule has 0 aromatic heterocycles. The minimum atomic E-state index is -7.44. The van der Waals surface area contributed by atoms with Crippen molar-refractivity contribution in [1.82, 2.24) is 0 Å². The molecule has 0 radical (unpaired) electrons. The van der Waals surface area contributed by atoms with Crippen LogP contribution in [-0.2, 0) is 19.2 Å². The Kier molecular flexibility index (Phi) is 6.62. The lowest BCUT2D eigenvalue weighted by Gasteiger charge is -2.33. The lowest BCUT2D eigenvalue weighted by atomic mass is 10.5. The molecule has 164 valence electrons. The zero-order valence-corrected chi connectivity index (χ0v) is 11.2. The minimum absolute atomic E-state index is 1.13. The van der Waals surface area contributed by atoms with Crippen LogP contribution in [-0.4, -0.2) is 43.0 Å². The topological polar surface area (TPSA) is 36.9 Å². The Bertz CT molecular complexity index is 511. The van der Waals surface area contributed by atoms with Crippen LogP contribution in [0.3, 0.4) is 0 Å². The van der Waals surface area contributed by atoms with E-state index < -0.39 is 43.0 Å². The van der Waals surface area contributed by atoms with Crippen molar-refractivity contribution in [2.75, 3.05) is 0 Å². The van der Waals surface area contributed by atoms with Gasteiger partial charge in [-0.25, -0.2) is 14.2 Å². The summed E-state index contributed by atoms with van der Waals surface area (Å²) in [4.78, 5) is 1.13. The van der Waals surface area contributed by atoms with Crippen LogP contribution in [0.4, 0.5) is 70.4 Å². The first-order chi connectivity index (χ1) is 11.4. The van der Waals surface area contributed by atoms with Crippen LogP contribution in [0.25, 0.3) is 0 Å². The third kappa shape index (κ3) is 5.85. The van der Waals surface area contributed by atoms with Crippen molar-refractivity contribution in [2.24, 2.45) is 0 Å². The fraction of sp³-hybridized carbons (Fsp3) is 1.00. The van der Waals surface area contributed by atoms with Gasteiger partial charge in [0.15, 0.2) is 0 Å². The zero-order chi connectivity index (χ0) is 22.3. The number of alkyl halides is 15. The van der Waals surface area contributed by atoms with Crippen molar-refractivity contribution < 1.29 is 89.5 Å². The van der Waals surface area contributed by atoms with E-state index in [1.807, 2.05) is 0 Å². The van der Waals surface area contributed by atoms with Crippen molar-refractivity contribution in [1.29, 1.82) is 0 Å². The summed E-state index contributed by atoms with van der Waals surface area (Å²) < 4.78 is 199. The molecule has 27 heavy (non-hydrogen) atoms. The maximum Gasteiger partial charge on any atom is 0.527 e. The van der Waals surface area contributed by atoms with Gasteiger partial charge >= 0.3 is 43.0 Å². The van der Waals surface area contributed by atoms with Gasteiger partial charge in [0.25, 0.3) is 0 Å². The average molecular weight is 452 g/mol. The predicted octanol–water partition coefficient (Wildman–Crippen LogP) is 5.01. The first-order valence-corrected chi connectivity index (χ1v) is 5.17. The molecular weight excluding hydrogens is 452 g/mol. The molecule has 0 N–H and O–H groups in total. The lowest BCUT2D eigenvalue weighted by molar-refractivity contribution is -0.581. The van der Waals surface area contributed by atoms with Gasteiger partial charge in [-0.05, 0) is 4.53 Å². The molecule has 0 aliphatic heterocycles. The Morgan fingerprint density at radius 2 is 0.556 bits per heavy atom. The molecule has 0 rings (SSSR count). The second-order valence-electron chi connectivity index (χ2n) is 3.93. The number of hydrogen-bond donors (Lipinski definition) is 0. The third-order valence-corrected chi connectivity index (χ3v) is 1.87. The van der Waals surface area contributed by atoms with Crippen molar-refractivity contribution in [3.63, 3.8) is 0 Å². The SMILES string of the molecule is FOC(F)(F)C(F)(F)OC(F)(F)C(F)(F)OC(F)(F)C(F)(F)OC(F)(F)F. The Morgan fingerprint density at radius 1 is 0.333 bits per heavy atom. The Morgan fingerprint density at radius 3 is 0.778 bits per heavy atom. The van der Waals surface area contributed by atoms with E-state index in [0.717, 1.165) is 4.94 Å². The van der Waals surface area contributed by atoms with Crippen molar-refractivity contribution in [2.45, 2.75) is 43.0 Å². The Hall–Kier alpha value is -1.28. The average Bonchev–Trinajstić information content (AvgIpc) is 2.32. The van der Waals surface area contributed by atoms with E-state index in [0.29, 0.717) is 0 Å². The van der Waals surface area contributed by atoms with Gasteiger partial charge in [-0.2, -0.15) is 52.7 Å². The highest BCUT2D eigenvalue weighted by atomic mass is 19.4. The number of halogens is 16. The van der Waals surface area contributed by atoms with E-state index >= 15 is 0 Å². The molecule has 0 saturated carbocycles. The predicted molar refractivity (Wildman–Crippen MR) is 41.2 cm³/mol. The molecule has 0 heterocycles. The van der Waals surface area contributed by atoms with E-state index in [1.165, 1.54) is 14.2 Å². The molecule has 0 amide bonds. The molecule has 0 atom stereocenters. The molecule has 0 aliphatic carbocycles. The molecule has 4 nitrogen and oxygen atoms in total. The molecule has 0 aliphatic rings. The normalized spacial score (nSPS) is 16.0. The van der Waals surface area contributed by atoms with Gasteiger partial charge in [-0.3, -0.25) is 0 Å². The second kappa shape index (κ2) is 6.95. The summed E-state index contributed by atoms with van der Waals surface area (Å²) in [6.45, 7) is 0. The number of rotatable bonds is 9. The van der Waals surface area contributed by atoms with Crippen LogP contribution < -0.4 is 0 Å². The summed E-state index contributed by atoms with van der Waals surface area (Å²) in [6.07, 6.45) is -49.8. The molecule has 0 aromatic rings. The van der Waals surface area contributed by atoms with Crippen molar-refractivity contribution >= 4 is 0 Å². The van der Waals surface area contributed by atoms with Crippen LogP contribution in [0.5, 0.6) is 0 Å². The highest BCUT2D eigenvalue weighted by molar-refractivity contribution is 4.78. The van der Waals surface area contributed by atoms with E-state index in [9.17, 15) is 70.4 Å². The third-order valence-electron chi connectivity index (χ3n) is 1.87. The summed E-state index contributed by atoms with van der Waals surface area (Å²) in [5.74, 6) is 0. The quantitative estimate of drug-likeness (QED) is 0.461. The zero-order valence-electron chi connectivity index (χ0n) is 11.2. The molecule has 0 unspecified atom stereocenters. The van der Waals surface area contributed by atoms with E-state index in [2.05, 4.69) is 0 Å². The summed E-state index contributed by atoms with van der Waals surface area (Å²) >= 11 is 0. The smallest absolute Gasteiger partial charge is 0.241 e. The largest absolute Gasteiger partial charge is 0.527 e. The maximum absolute atomic E-state index is 12.7. The van der Waals surface area contributed by atoms with E-state index in [1.54, 1.807) is 0 Å². The monoisotopic (exact) mass is 452 g/mol. The summed E-state index contributed by atoms with van der Waals surface area (Å²) in [6, 6.07) is 0. The second-order valence-corrected chi connectivity index (χ2v) is 3.93. The number of ether oxygens (including phenoxy) is 3. The van der Waals surface area contributed by atoms with Gasteiger partial charge in [-0.1, -0.05) is 0 Å². The fourth-order valence-electron chi connectivity index (χ4n) is 0.809. The first kappa shape index (κ1) is 25.7. The summed E-state index contributed by atoms with van der Waals surface area (Å²) in [5, 5.41) is 0. The summed E-state index contributed by atoms with van der Waals surface area (Å²) in [5.41, 5.74) is 0. The molecule has 0 bridgehead atoms. The molecular formula is C7F16O4. The van der Waals surface area contributed by atoms with E-state index in [-0.39, 0.29) is 0 Å². The van der Waals surface area contributed by atoms with Crippen LogP contribution in [0, 0.1) is 0 Å². The Balaban J connectivity index is 5.66. The van der Waals surface area contributed by atoms with Crippen molar-refractivity contribution in [3.05, 3.63) is 0 Å². The van der Waals surface area contributed by atoms with Crippen molar-refractivity contribution in [3.8, 4) is 0 Å². The van der Waals surface area contributed by atoms with Crippen LogP contribution >= 0.6 is 0 Å². The number of hydrogen-bond acceptors (Lipinski definition) is 4. The van der Waals surface area contributed by atoms with Gasteiger partial charge < -0.3 is 0 Å². The maximum atomic E-state index is 12.7. The van der Waals surface area contributed by atoms with E-state index in [4.69, 9.17) is 0 Å². The standard InChI is InChI=1S/C7F16O4/c8-1(9,2(10,11)25-5(16,17)6(18,19)27-23)24-3(12,13)4(14,15)26-7(20,21)22. The molecule has 0 fully saturated rings. The van der Waals surface area contributed by atoms with Gasteiger partial charge in [-0.15, -0.1) is 18.1 Å². The van der Waals surface area contributed by atoms with Gasteiger partial charge in [0, 0.05) is 0 Å². The Labute approximate surface area is 134 Å². The highest BCUT2D eigenvalue weighted by Gasteiger charge is 2.76. The molecule has 20 heteroatoms. The van der Waals surface area contributed by atoms with Gasteiger partial charge in [0.2, 0.25) is 0 Å². The minimum Gasteiger partial charge on any atom is -0.241 e. The van der Waals surface area contributed by atoms with Crippen LogP contribution in [0.15, 0.2) is 0 Å². The first-order valence-electron chi connectivity index (χ1n) is 5.17. The molecule has 0 aromatic carbocycles.